The van der Waals surface area contributed by atoms with Crippen molar-refractivity contribution in [3.63, 3.8) is 0 Å². The second kappa shape index (κ2) is 5.94. The molecule has 0 heterocycles. The Morgan fingerprint density at radius 2 is 2.00 bits per heavy atom. The van der Waals surface area contributed by atoms with Crippen LogP contribution in [0, 0.1) is 0 Å². The first-order valence-corrected chi connectivity index (χ1v) is 4.59. The van der Waals surface area contributed by atoms with E-state index in [0.29, 0.717) is 13.0 Å². The van der Waals surface area contributed by atoms with Gasteiger partial charge < -0.3 is 4.74 Å². The van der Waals surface area contributed by atoms with Crippen LogP contribution in [0.4, 0.5) is 0 Å². The lowest BCUT2D eigenvalue weighted by molar-refractivity contribution is -0.121. The van der Waals surface area contributed by atoms with Gasteiger partial charge in [0, 0.05) is 13.0 Å². The van der Waals surface area contributed by atoms with Gasteiger partial charge in [-0.3, -0.25) is 10.2 Å². The van der Waals surface area contributed by atoms with Gasteiger partial charge in [-0.2, -0.15) is 0 Å². The van der Waals surface area contributed by atoms with Crippen molar-refractivity contribution in [3.8, 4) is 0 Å². The summed E-state index contributed by atoms with van der Waals surface area (Å²) in [6.45, 7) is 6.74. The lowest BCUT2D eigenvalue weighted by atomic mass is 10.2. The summed E-state index contributed by atoms with van der Waals surface area (Å²) in [5.74, 6) is 4.81. The van der Waals surface area contributed by atoms with E-state index in [1.807, 2.05) is 20.8 Å². The molecule has 0 aromatic carbocycles. The molecule has 0 aromatic heterocycles. The van der Waals surface area contributed by atoms with Crippen molar-refractivity contribution < 1.29 is 9.53 Å². The van der Waals surface area contributed by atoms with Gasteiger partial charge in [-0.1, -0.05) is 0 Å². The Hall–Kier alpha value is -0.610. The average Bonchev–Trinajstić information content (AvgIpc) is 2.01. The van der Waals surface area contributed by atoms with E-state index < -0.39 is 0 Å². The molecule has 13 heavy (non-hydrogen) atoms. The van der Waals surface area contributed by atoms with Gasteiger partial charge in [-0.15, -0.1) is 0 Å². The van der Waals surface area contributed by atoms with Crippen LogP contribution in [0.15, 0.2) is 0 Å². The van der Waals surface area contributed by atoms with Crippen molar-refractivity contribution in [2.24, 2.45) is 5.84 Å². The van der Waals surface area contributed by atoms with E-state index in [2.05, 4.69) is 5.43 Å². The lowest BCUT2D eigenvalue weighted by Gasteiger charge is -2.19. The average molecular weight is 188 g/mol. The van der Waals surface area contributed by atoms with Gasteiger partial charge in [0.05, 0.1) is 5.60 Å². The van der Waals surface area contributed by atoms with E-state index in [1.165, 1.54) is 0 Å². The van der Waals surface area contributed by atoms with Crippen LogP contribution < -0.4 is 11.3 Å². The van der Waals surface area contributed by atoms with Crippen LogP contribution in [0.2, 0.25) is 0 Å². The molecule has 0 bridgehead atoms. The molecular weight excluding hydrogens is 168 g/mol. The van der Waals surface area contributed by atoms with Gasteiger partial charge in [0.15, 0.2) is 0 Å². The fraction of sp³-hybridized carbons (Fsp3) is 0.889. The molecular formula is C9H20N2O2. The number of hydrazine groups is 1. The number of rotatable bonds is 5. The summed E-state index contributed by atoms with van der Waals surface area (Å²) in [4.78, 5) is 10.7. The predicted molar refractivity (Wildman–Crippen MR) is 51.9 cm³/mol. The Labute approximate surface area is 79.8 Å². The maximum atomic E-state index is 10.7. The molecule has 0 aromatic rings. The normalized spacial score (nSPS) is 11.4. The van der Waals surface area contributed by atoms with Crippen molar-refractivity contribution in [2.45, 2.75) is 45.6 Å². The summed E-state index contributed by atoms with van der Waals surface area (Å²) in [7, 11) is 0. The van der Waals surface area contributed by atoms with Crippen LogP contribution in [0.3, 0.4) is 0 Å². The quantitative estimate of drug-likeness (QED) is 0.292. The number of unbranched alkanes of at least 4 members (excludes halogenated alkanes) is 1. The highest BCUT2D eigenvalue weighted by molar-refractivity contribution is 5.74. The third kappa shape index (κ3) is 9.30. The standard InChI is InChI=1S/C9H20N2O2/c1-9(2,3)13-7-5-4-6-8(12)11-10/h4-7,10H2,1-3H3,(H,11,12). The van der Waals surface area contributed by atoms with Crippen LogP contribution in [0.1, 0.15) is 40.0 Å². The maximum absolute atomic E-state index is 10.7. The Bertz CT molecular complexity index is 152. The largest absolute Gasteiger partial charge is 0.376 e. The van der Waals surface area contributed by atoms with Crippen molar-refractivity contribution in [1.29, 1.82) is 0 Å². The first kappa shape index (κ1) is 12.4. The van der Waals surface area contributed by atoms with E-state index in [0.717, 1.165) is 12.8 Å². The number of nitrogens with one attached hydrogen (secondary N) is 1. The SMILES string of the molecule is CC(C)(C)OCCCCC(=O)NN. The van der Waals surface area contributed by atoms with Gasteiger partial charge in [-0.05, 0) is 33.6 Å². The molecule has 0 saturated carbocycles. The monoisotopic (exact) mass is 188 g/mol. The van der Waals surface area contributed by atoms with Crippen LogP contribution >= 0.6 is 0 Å². The highest BCUT2D eigenvalue weighted by Gasteiger charge is 2.08. The number of carbonyl (C=O) groups excluding carboxylic acids is 1. The van der Waals surface area contributed by atoms with Gasteiger partial charge in [0.25, 0.3) is 0 Å². The molecule has 0 rings (SSSR count). The zero-order valence-electron chi connectivity index (χ0n) is 8.72. The number of amides is 1. The van der Waals surface area contributed by atoms with E-state index in [4.69, 9.17) is 10.6 Å². The number of nitrogens with two attached hydrogens (primary N) is 1. The van der Waals surface area contributed by atoms with E-state index in [1.54, 1.807) is 0 Å². The van der Waals surface area contributed by atoms with Crippen LogP contribution in [-0.2, 0) is 9.53 Å². The predicted octanol–water partition coefficient (Wildman–Crippen LogP) is 0.962. The molecule has 1 amide bonds. The molecule has 0 aliphatic heterocycles. The van der Waals surface area contributed by atoms with Crippen molar-refractivity contribution in [1.82, 2.24) is 5.43 Å². The molecule has 0 atom stereocenters. The first-order valence-electron chi connectivity index (χ1n) is 4.59. The molecule has 0 saturated heterocycles. The minimum atomic E-state index is -0.115. The van der Waals surface area contributed by atoms with Crippen molar-refractivity contribution >= 4 is 5.91 Å². The van der Waals surface area contributed by atoms with Crippen LogP contribution in [-0.4, -0.2) is 18.1 Å². The zero-order chi connectivity index (χ0) is 10.3. The summed E-state index contributed by atoms with van der Waals surface area (Å²) < 4.78 is 5.48. The number of hydrogen-bond donors (Lipinski definition) is 2. The Kier molecular flexibility index (Phi) is 5.66. The van der Waals surface area contributed by atoms with Gasteiger partial charge >= 0.3 is 0 Å². The van der Waals surface area contributed by atoms with Gasteiger partial charge in [-0.25, -0.2) is 5.84 Å². The fourth-order valence-electron chi connectivity index (χ4n) is 0.838. The molecule has 0 spiro atoms. The third-order valence-electron chi connectivity index (χ3n) is 1.49. The number of hydrogen-bond acceptors (Lipinski definition) is 3. The molecule has 4 nitrogen and oxygen atoms in total. The lowest BCUT2D eigenvalue weighted by Crippen LogP contribution is -2.29. The second-order valence-electron chi connectivity index (χ2n) is 3.99. The highest BCUT2D eigenvalue weighted by atomic mass is 16.5. The Balaban J connectivity index is 3.22. The number of ether oxygens (including phenoxy) is 1. The van der Waals surface area contributed by atoms with Crippen LogP contribution in [0.5, 0.6) is 0 Å². The summed E-state index contributed by atoms with van der Waals surface area (Å²) in [5.41, 5.74) is 2.01. The van der Waals surface area contributed by atoms with Crippen LogP contribution in [0.25, 0.3) is 0 Å². The highest BCUT2D eigenvalue weighted by Crippen LogP contribution is 2.08. The Morgan fingerprint density at radius 3 is 2.46 bits per heavy atom. The number of carbonyl (C=O) groups is 1. The topological polar surface area (TPSA) is 64.3 Å². The Morgan fingerprint density at radius 1 is 1.38 bits per heavy atom. The summed E-state index contributed by atoms with van der Waals surface area (Å²) >= 11 is 0. The molecule has 0 fully saturated rings. The summed E-state index contributed by atoms with van der Waals surface area (Å²) in [6.07, 6.45) is 2.19. The zero-order valence-corrected chi connectivity index (χ0v) is 8.72. The molecule has 0 unspecified atom stereocenters. The fourth-order valence-corrected chi connectivity index (χ4v) is 0.838. The molecule has 4 heteroatoms. The smallest absolute Gasteiger partial charge is 0.233 e. The minimum absolute atomic E-state index is 0.0872. The van der Waals surface area contributed by atoms with E-state index >= 15 is 0 Å². The van der Waals surface area contributed by atoms with Gasteiger partial charge in [0.2, 0.25) is 5.91 Å². The molecule has 0 aliphatic carbocycles. The molecule has 0 radical (unpaired) electrons. The van der Waals surface area contributed by atoms with Gasteiger partial charge in [0.1, 0.15) is 0 Å². The molecule has 78 valence electrons. The second-order valence-corrected chi connectivity index (χ2v) is 3.99. The molecule has 3 N–H and O–H groups in total. The van der Waals surface area contributed by atoms with Crippen molar-refractivity contribution in [2.75, 3.05) is 6.61 Å². The maximum Gasteiger partial charge on any atom is 0.233 e. The summed E-state index contributed by atoms with van der Waals surface area (Å²) in [6, 6.07) is 0. The molecule has 0 aliphatic rings. The summed E-state index contributed by atoms with van der Waals surface area (Å²) in [5, 5.41) is 0. The van der Waals surface area contributed by atoms with E-state index in [9.17, 15) is 4.79 Å². The third-order valence-corrected chi connectivity index (χ3v) is 1.49. The first-order chi connectivity index (χ1) is 5.95. The minimum Gasteiger partial charge on any atom is -0.376 e. The van der Waals surface area contributed by atoms with E-state index in [-0.39, 0.29) is 11.5 Å². The van der Waals surface area contributed by atoms with Crippen molar-refractivity contribution in [3.05, 3.63) is 0 Å².